The molecule has 18 heavy (non-hydrogen) atoms. The van der Waals surface area contributed by atoms with Crippen molar-refractivity contribution in [1.82, 2.24) is 0 Å². The summed E-state index contributed by atoms with van der Waals surface area (Å²) in [5.74, 6) is 1.43. The molecule has 0 saturated carbocycles. The summed E-state index contributed by atoms with van der Waals surface area (Å²) in [4.78, 5) is 11.9. The summed E-state index contributed by atoms with van der Waals surface area (Å²) in [5.41, 5.74) is 2.75. The molecule has 4 rings (SSSR count). The van der Waals surface area contributed by atoms with Gasteiger partial charge >= 0.3 is 0 Å². The molecule has 0 saturated heterocycles. The predicted octanol–water partition coefficient (Wildman–Crippen LogP) is 3.35. The summed E-state index contributed by atoms with van der Waals surface area (Å²) < 4.78 is 10.7. The number of Topliss-reactive ketones (excluding diaryl/α,β-unsaturated/α-hetero) is 1. The van der Waals surface area contributed by atoms with E-state index in [0.717, 1.165) is 33.2 Å². The highest BCUT2D eigenvalue weighted by molar-refractivity contribution is 6.40. The molecule has 4 heteroatoms. The third kappa shape index (κ3) is 1.08. The number of fused-ring (bicyclic) bond motifs is 4. The van der Waals surface area contributed by atoms with E-state index in [4.69, 9.17) is 21.1 Å². The second-order valence-corrected chi connectivity index (χ2v) is 5.07. The Kier molecular flexibility index (Phi) is 1.80. The summed E-state index contributed by atoms with van der Waals surface area (Å²) in [7, 11) is 0. The molecule has 1 atom stereocenters. The zero-order chi connectivity index (χ0) is 12.4. The zero-order valence-electron chi connectivity index (χ0n) is 9.62. The predicted molar refractivity (Wildman–Crippen MR) is 67.7 cm³/mol. The number of halogens is 1. The Hall–Kier alpha value is -1.74. The van der Waals surface area contributed by atoms with Gasteiger partial charge < -0.3 is 9.47 Å². The van der Waals surface area contributed by atoms with E-state index in [1.807, 2.05) is 25.1 Å². The van der Waals surface area contributed by atoms with Crippen LogP contribution in [-0.2, 0) is 0 Å². The fourth-order valence-corrected chi connectivity index (χ4v) is 2.96. The third-order valence-corrected chi connectivity index (χ3v) is 4.05. The van der Waals surface area contributed by atoms with Crippen molar-refractivity contribution < 1.29 is 14.3 Å². The van der Waals surface area contributed by atoms with Gasteiger partial charge in [-0.05, 0) is 41.0 Å². The minimum absolute atomic E-state index is 0.00414. The molecule has 1 aliphatic heterocycles. The van der Waals surface area contributed by atoms with Gasteiger partial charge in [0.2, 0.25) is 6.79 Å². The first-order valence-corrected chi connectivity index (χ1v) is 6.15. The fourth-order valence-electron chi connectivity index (χ4n) is 2.68. The number of ketones is 1. The molecule has 2 aromatic carbocycles. The largest absolute Gasteiger partial charge is 0.454 e. The van der Waals surface area contributed by atoms with Crippen LogP contribution in [0.4, 0.5) is 0 Å². The van der Waals surface area contributed by atoms with Crippen LogP contribution in [0.1, 0.15) is 26.9 Å². The zero-order valence-corrected chi connectivity index (χ0v) is 10.4. The van der Waals surface area contributed by atoms with Crippen LogP contribution in [-0.4, -0.2) is 12.6 Å². The van der Waals surface area contributed by atoms with Crippen LogP contribution in [0.5, 0.6) is 11.5 Å². The second-order valence-electron chi connectivity index (χ2n) is 4.64. The average molecular weight is 261 g/mol. The molecule has 0 bridgehead atoms. The number of rotatable bonds is 0. The fraction of sp³-hybridized carbons (Fsp3) is 0.214. The monoisotopic (exact) mass is 260 g/mol. The van der Waals surface area contributed by atoms with E-state index in [1.54, 1.807) is 0 Å². The lowest BCUT2D eigenvalue weighted by molar-refractivity contribution is 0.0963. The number of benzene rings is 2. The van der Waals surface area contributed by atoms with Crippen LogP contribution < -0.4 is 9.47 Å². The molecule has 0 N–H and O–H groups in total. The first-order chi connectivity index (χ1) is 8.66. The Morgan fingerprint density at radius 3 is 2.56 bits per heavy atom. The topological polar surface area (TPSA) is 35.5 Å². The van der Waals surface area contributed by atoms with Gasteiger partial charge in [-0.25, -0.2) is 0 Å². The molecular formula is C14H9ClO3. The van der Waals surface area contributed by atoms with Gasteiger partial charge in [-0.1, -0.05) is 6.07 Å². The van der Waals surface area contributed by atoms with E-state index in [1.165, 1.54) is 0 Å². The molecule has 0 amide bonds. The van der Waals surface area contributed by atoms with Gasteiger partial charge in [0.1, 0.15) is 5.38 Å². The number of carbonyl (C=O) groups is 1. The van der Waals surface area contributed by atoms with Crippen molar-refractivity contribution in [2.24, 2.45) is 0 Å². The van der Waals surface area contributed by atoms with Crippen LogP contribution in [0.15, 0.2) is 18.2 Å². The van der Waals surface area contributed by atoms with Crippen LogP contribution in [0.2, 0.25) is 0 Å². The van der Waals surface area contributed by atoms with Crippen molar-refractivity contribution in [3.63, 3.8) is 0 Å². The molecule has 1 aliphatic carbocycles. The van der Waals surface area contributed by atoms with Gasteiger partial charge in [-0.3, -0.25) is 4.79 Å². The number of alkyl halides is 1. The lowest BCUT2D eigenvalue weighted by atomic mass is 9.81. The average Bonchev–Trinajstić information content (AvgIpc) is 2.83. The number of aryl methyl sites for hydroxylation is 1. The van der Waals surface area contributed by atoms with Crippen molar-refractivity contribution in [3.05, 3.63) is 34.9 Å². The lowest BCUT2D eigenvalue weighted by Crippen LogP contribution is -2.22. The number of hydrogen-bond acceptors (Lipinski definition) is 3. The minimum atomic E-state index is -0.492. The summed E-state index contributed by atoms with van der Waals surface area (Å²) in [6.45, 7) is 2.25. The van der Waals surface area contributed by atoms with Gasteiger partial charge in [0.05, 0.1) is 0 Å². The Bertz CT molecular complexity index is 721. The van der Waals surface area contributed by atoms with Gasteiger partial charge in [0, 0.05) is 5.56 Å². The Morgan fingerprint density at radius 2 is 1.83 bits per heavy atom. The minimum Gasteiger partial charge on any atom is -0.454 e. The number of ether oxygens (including phenoxy) is 2. The van der Waals surface area contributed by atoms with Gasteiger partial charge in [-0.15, -0.1) is 11.6 Å². The Balaban J connectivity index is 2.13. The van der Waals surface area contributed by atoms with Gasteiger partial charge in [0.25, 0.3) is 0 Å². The van der Waals surface area contributed by atoms with Crippen molar-refractivity contribution in [2.45, 2.75) is 12.3 Å². The lowest BCUT2D eigenvalue weighted by Gasteiger charge is -2.26. The van der Waals surface area contributed by atoms with Gasteiger partial charge in [0.15, 0.2) is 17.3 Å². The third-order valence-electron chi connectivity index (χ3n) is 3.62. The highest BCUT2D eigenvalue weighted by atomic mass is 35.5. The number of carbonyl (C=O) groups excluding carboxylic acids is 1. The van der Waals surface area contributed by atoms with Crippen LogP contribution in [0.3, 0.4) is 0 Å². The summed E-state index contributed by atoms with van der Waals surface area (Å²) >= 11 is 6.01. The van der Waals surface area contributed by atoms with Crippen LogP contribution in [0, 0.1) is 6.92 Å². The first kappa shape index (κ1) is 10.2. The molecule has 2 aliphatic rings. The SMILES string of the molecule is Cc1cc2c(c3cc4c(cc13)OCO4)C(=O)C2Cl. The van der Waals surface area contributed by atoms with Crippen LogP contribution in [0.25, 0.3) is 10.8 Å². The molecule has 0 radical (unpaired) electrons. The summed E-state index contributed by atoms with van der Waals surface area (Å²) in [5, 5.41) is 1.44. The molecule has 3 nitrogen and oxygen atoms in total. The summed E-state index contributed by atoms with van der Waals surface area (Å²) in [6.07, 6.45) is 0. The van der Waals surface area contributed by atoms with Crippen molar-refractivity contribution in [2.75, 3.05) is 6.79 Å². The molecule has 2 aromatic rings. The highest BCUT2D eigenvalue weighted by Crippen LogP contribution is 2.46. The molecule has 0 spiro atoms. The maximum absolute atomic E-state index is 11.9. The van der Waals surface area contributed by atoms with E-state index >= 15 is 0 Å². The normalized spacial score (nSPS) is 19.9. The number of hydrogen-bond donors (Lipinski definition) is 0. The Morgan fingerprint density at radius 1 is 1.17 bits per heavy atom. The van der Waals surface area contributed by atoms with E-state index in [-0.39, 0.29) is 12.6 Å². The quantitative estimate of drug-likeness (QED) is 0.682. The van der Waals surface area contributed by atoms with E-state index in [2.05, 4.69) is 0 Å². The van der Waals surface area contributed by atoms with Gasteiger partial charge in [-0.2, -0.15) is 0 Å². The van der Waals surface area contributed by atoms with E-state index in [0.29, 0.717) is 5.75 Å². The second kappa shape index (κ2) is 3.18. The van der Waals surface area contributed by atoms with Crippen molar-refractivity contribution in [3.8, 4) is 11.5 Å². The van der Waals surface area contributed by atoms with Crippen molar-refractivity contribution >= 4 is 28.2 Å². The summed E-state index contributed by atoms with van der Waals surface area (Å²) in [6, 6.07) is 5.80. The first-order valence-electron chi connectivity index (χ1n) is 5.72. The molecule has 1 heterocycles. The van der Waals surface area contributed by atoms with Crippen LogP contribution >= 0.6 is 11.6 Å². The molecule has 0 fully saturated rings. The standard InChI is InChI=1S/C14H9ClO3/c1-6-2-9-12(14(16)13(9)15)8-4-11-10(3-7(6)8)17-5-18-11/h2-4,13H,5H2,1H3. The highest BCUT2D eigenvalue weighted by Gasteiger charge is 2.37. The Labute approximate surface area is 108 Å². The van der Waals surface area contributed by atoms with E-state index in [9.17, 15) is 4.79 Å². The maximum Gasteiger partial charge on any atom is 0.231 e. The smallest absolute Gasteiger partial charge is 0.231 e. The molecule has 0 aromatic heterocycles. The maximum atomic E-state index is 11.9. The molecule has 1 unspecified atom stereocenters. The van der Waals surface area contributed by atoms with Crippen molar-refractivity contribution in [1.29, 1.82) is 0 Å². The molecular weight excluding hydrogens is 252 g/mol. The molecule has 90 valence electrons. The van der Waals surface area contributed by atoms with E-state index < -0.39 is 5.38 Å².